The molecule has 1 aliphatic rings. The lowest BCUT2D eigenvalue weighted by molar-refractivity contribution is -0.142. The second kappa shape index (κ2) is 7.51. The molecule has 0 aliphatic carbocycles. The molecule has 0 radical (unpaired) electrons. The zero-order valence-corrected chi connectivity index (χ0v) is 14.6. The van der Waals surface area contributed by atoms with Gasteiger partial charge in [-0.15, -0.1) is 0 Å². The molecule has 1 saturated heterocycles. The smallest absolute Gasteiger partial charge is 0.343 e. The Morgan fingerprint density at radius 2 is 2.04 bits per heavy atom. The van der Waals surface area contributed by atoms with E-state index in [1.807, 2.05) is 0 Å². The molecule has 0 spiro atoms. The Hall–Kier alpha value is -2.00. The van der Waals surface area contributed by atoms with E-state index in [2.05, 4.69) is 26.0 Å². The number of nitrogens with one attached hydrogen (secondary N) is 1. The quantitative estimate of drug-likeness (QED) is 0.597. The predicted molar refractivity (Wildman–Crippen MR) is 87.3 cm³/mol. The lowest BCUT2D eigenvalue weighted by atomic mass is 10.2. The van der Waals surface area contributed by atoms with Gasteiger partial charge in [-0.05, 0) is 35.5 Å². The molecule has 1 heterocycles. The zero-order chi connectivity index (χ0) is 17.0. The number of hydrogen-bond donors (Lipinski definition) is 1. The average Bonchev–Trinajstić information content (AvgIpc) is 2.84. The van der Waals surface area contributed by atoms with Crippen molar-refractivity contribution in [1.29, 1.82) is 0 Å². The van der Waals surface area contributed by atoms with E-state index < -0.39 is 17.1 Å². The SMILES string of the molecule is COC(=O)COc1cc(Br)c(C=C2SC(=O)NC2=O)cc1OC. The summed E-state index contributed by atoms with van der Waals surface area (Å²) in [7, 11) is 2.71. The maximum Gasteiger partial charge on any atom is 0.343 e. The number of rotatable bonds is 5. The molecular formula is C14H12BrNO6S. The third-order valence-electron chi connectivity index (χ3n) is 2.78. The number of thioether (sulfide) groups is 1. The molecule has 1 fully saturated rings. The van der Waals surface area contributed by atoms with E-state index in [9.17, 15) is 14.4 Å². The lowest BCUT2D eigenvalue weighted by Gasteiger charge is -2.12. The highest BCUT2D eigenvalue weighted by atomic mass is 79.9. The maximum atomic E-state index is 11.6. The number of carbonyl (C=O) groups excluding carboxylic acids is 3. The number of amides is 2. The summed E-state index contributed by atoms with van der Waals surface area (Å²) in [6, 6.07) is 3.23. The summed E-state index contributed by atoms with van der Waals surface area (Å²) in [4.78, 5) is 34.2. The van der Waals surface area contributed by atoms with E-state index in [1.165, 1.54) is 14.2 Å². The van der Waals surface area contributed by atoms with Crippen LogP contribution in [0.25, 0.3) is 6.08 Å². The monoisotopic (exact) mass is 401 g/mol. The number of ether oxygens (including phenoxy) is 3. The summed E-state index contributed by atoms with van der Waals surface area (Å²) in [6.07, 6.45) is 1.56. The van der Waals surface area contributed by atoms with Crippen molar-refractivity contribution in [3.63, 3.8) is 0 Å². The van der Waals surface area contributed by atoms with E-state index >= 15 is 0 Å². The molecule has 0 atom stereocenters. The van der Waals surface area contributed by atoms with Crippen LogP contribution in [0.3, 0.4) is 0 Å². The summed E-state index contributed by atoms with van der Waals surface area (Å²) in [5.41, 5.74) is 0.625. The van der Waals surface area contributed by atoms with E-state index in [-0.39, 0.29) is 11.5 Å². The minimum absolute atomic E-state index is 0.257. The standard InChI is InChI=1S/C14H12BrNO6S/c1-20-9-3-7(4-11-13(18)16-14(19)23-11)8(15)5-10(9)22-6-12(17)21-2/h3-5H,6H2,1-2H3,(H,16,18,19). The van der Waals surface area contributed by atoms with Gasteiger partial charge >= 0.3 is 5.97 Å². The van der Waals surface area contributed by atoms with E-state index in [0.29, 0.717) is 21.5 Å². The fourth-order valence-corrected chi connectivity index (χ4v) is 2.80. The molecule has 7 nitrogen and oxygen atoms in total. The van der Waals surface area contributed by atoms with Crippen LogP contribution in [-0.4, -0.2) is 37.9 Å². The van der Waals surface area contributed by atoms with Crippen LogP contribution >= 0.6 is 27.7 Å². The van der Waals surface area contributed by atoms with Crippen LogP contribution in [0, 0.1) is 0 Å². The van der Waals surface area contributed by atoms with E-state index in [0.717, 1.165) is 11.8 Å². The largest absolute Gasteiger partial charge is 0.493 e. The van der Waals surface area contributed by atoms with Crippen molar-refractivity contribution in [2.45, 2.75) is 0 Å². The van der Waals surface area contributed by atoms with E-state index in [4.69, 9.17) is 9.47 Å². The predicted octanol–water partition coefficient (Wildman–Crippen LogP) is 2.33. The third kappa shape index (κ3) is 4.26. The van der Waals surface area contributed by atoms with Crippen LogP contribution < -0.4 is 14.8 Å². The Kier molecular flexibility index (Phi) is 5.67. The second-order valence-corrected chi connectivity index (χ2v) is 6.11. The van der Waals surface area contributed by atoms with Crippen molar-refractivity contribution in [3.05, 3.63) is 27.1 Å². The number of benzene rings is 1. The number of methoxy groups -OCH3 is 2. The van der Waals surface area contributed by atoms with Gasteiger partial charge in [-0.1, -0.05) is 15.9 Å². The molecule has 0 bridgehead atoms. The van der Waals surface area contributed by atoms with Crippen LogP contribution in [0.5, 0.6) is 11.5 Å². The summed E-state index contributed by atoms with van der Waals surface area (Å²) in [5, 5.41) is 1.77. The highest BCUT2D eigenvalue weighted by molar-refractivity contribution is 9.10. The molecule has 0 saturated carbocycles. The van der Waals surface area contributed by atoms with Crippen molar-refractivity contribution in [2.75, 3.05) is 20.8 Å². The van der Waals surface area contributed by atoms with Gasteiger partial charge in [0.05, 0.1) is 19.1 Å². The normalized spacial score (nSPS) is 15.5. The Balaban J connectivity index is 2.29. The van der Waals surface area contributed by atoms with Gasteiger partial charge in [0.1, 0.15) is 0 Å². The van der Waals surface area contributed by atoms with Gasteiger partial charge in [0.2, 0.25) is 0 Å². The van der Waals surface area contributed by atoms with Crippen LogP contribution in [0.4, 0.5) is 4.79 Å². The van der Waals surface area contributed by atoms with Crippen molar-refractivity contribution in [2.24, 2.45) is 0 Å². The van der Waals surface area contributed by atoms with Gasteiger partial charge in [-0.25, -0.2) is 4.79 Å². The number of esters is 1. The van der Waals surface area contributed by atoms with Crippen LogP contribution in [0.1, 0.15) is 5.56 Å². The first-order valence-corrected chi connectivity index (χ1v) is 7.87. The molecule has 0 unspecified atom stereocenters. The van der Waals surface area contributed by atoms with Crippen molar-refractivity contribution in [1.82, 2.24) is 5.32 Å². The molecule has 2 amide bonds. The second-order valence-electron chi connectivity index (χ2n) is 4.24. The Bertz CT molecular complexity index is 703. The molecule has 1 aromatic rings. The number of imide groups is 1. The first-order valence-electron chi connectivity index (χ1n) is 6.26. The average molecular weight is 402 g/mol. The minimum atomic E-state index is -0.521. The number of hydrogen-bond acceptors (Lipinski definition) is 7. The van der Waals surface area contributed by atoms with Gasteiger partial charge in [-0.2, -0.15) is 0 Å². The van der Waals surface area contributed by atoms with Crippen LogP contribution in [0.15, 0.2) is 21.5 Å². The van der Waals surface area contributed by atoms with Gasteiger partial charge in [0.15, 0.2) is 18.1 Å². The molecule has 0 aromatic heterocycles. The summed E-state index contributed by atoms with van der Waals surface area (Å²) < 4.78 is 15.7. The van der Waals surface area contributed by atoms with Gasteiger partial charge < -0.3 is 14.2 Å². The van der Waals surface area contributed by atoms with Gasteiger partial charge in [0, 0.05) is 4.47 Å². The third-order valence-corrected chi connectivity index (χ3v) is 4.28. The summed E-state index contributed by atoms with van der Waals surface area (Å²) >= 11 is 4.17. The highest BCUT2D eigenvalue weighted by Crippen LogP contribution is 2.36. The molecule has 23 heavy (non-hydrogen) atoms. The minimum Gasteiger partial charge on any atom is -0.493 e. The number of halogens is 1. The molecule has 1 N–H and O–H groups in total. The Morgan fingerprint density at radius 1 is 1.30 bits per heavy atom. The highest BCUT2D eigenvalue weighted by Gasteiger charge is 2.25. The Labute approximate surface area is 144 Å². The van der Waals surface area contributed by atoms with Gasteiger partial charge in [0.25, 0.3) is 11.1 Å². The topological polar surface area (TPSA) is 90.9 Å². The Morgan fingerprint density at radius 3 is 2.61 bits per heavy atom. The molecule has 9 heteroatoms. The fraction of sp³-hybridized carbons (Fsp3) is 0.214. The molecule has 1 aliphatic heterocycles. The molecule has 2 rings (SSSR count). The molecule has 122 valence electrons. The first kappa shape index (κ1) is 17.4. The van der Waals surface area contributed by atoms with E-state index in [1.54, 1.807) is 18.2 Å². The van der Waals surface area contributed by atoms with Gasteiger partial charge in [-0.3, -0.25) is 14.9 Å². The summed E-state index contributed by atoms with van der Waals surface area (Å²) in [6.45, 7) is -0.257. The maximum absolute atomic E-state index is 11.6. The lowest BCUT2D eigenvalue weighted by Crippen LogP contribution is -2.17. The van der Waals surface area contributed by atoms with Crippen molar-refractivity contribution in [3.8, 4) is 11.5 Å². The first-order chi connectivity index (χ1) is 10.9. The fourth-order valence-electron chi connectivity index (χ4n) is 1.69. The molecular weight excluding hydrogens is 390 g/mol. The van der Waals surface area contributed by atoms with Crippen molar-refractivity contribution < 1.29 is 28.6 Å². The molecule has 1 aromatic carbocycles. The summed E-state index contributed by atoms with van der Waals surface area (Å²) in [5.74, 6) is -0.256. The van der Waals surface area contributed by atoms with Crippen LogP contribution in [-0.2, 0) is 14.3 Å². The van der Waals surface area contributed by atoms with Crippen LogP contribution in [0.2, 0.25) is 0 Å². The van der Waals surface area contributed by atoms with Crippen molar-refractivity contribution >= 4 is 50.9 Å². The zero-order valence-electron chi connectivity index (χ0n) is 12.2. The number of carbonyl (C=O) groups is 3.